The summed E-state index contributed by atoms with van der Waals surface area (Å²) in [6.45, 7) is 4.71. The fourth-order valence-corrected chi connectivity index (χ4v) is 2.59. The van der Waals surface area contributed by atoms with E-state index in [1.54, 1.807) is 7.11 Å². The van der Waals surface area contributed by atoms with E-state index in [9.17, 15) is 4.79 Å². The number of ether oxygens (including phenoxy) is 1. The second-order valence-corrected chi connectivity index (χ2v) is 5.54. The summed E-state index contributed by atoms with van der Waals surface area (Å²) in [5, 5.41) is 2.98. The third-order valence-electron chi connectivity index (χ3n) is 4.14. The van der Waals surface area contributed by atoms with Gasteiger partial charge in [0.15, 0.2) is 0 Å². The monoisotopic (exact) mass is 300 g/mol. The van der Waals surface area contributed by atoms with Crippen LogP contribution in [0.15, 0.2) is 30.3 Å². The van der Waals surface area contributed by atoms with Gasteiger partial charge in [0.1, 0.15) is 5.75 Å². The third kappa shape index (κ3) is 3.70. The Morgan fingerprint density at radius 2 is 1.95 bits per heavy atom. The van der Waals surface area contributed by atoms with E-state index >= 15 is 0 Å². The average Bonchev–Trinajstić information content (AvgIpc) is 2.75. The molecule has 0 saturated carbocycles. The lowest BCUT2D eigenvalue weighted by Crippen LogP contribution is -2.27. The van der Waals surface area contributed by atoms with Crippen LogP contribution in [-0.2, 0) is 24.7 Å². The highest BCUT2D eigenvalue weighted by molar-refractivity contribution is 5.78. The van der Waals surface area contributed by atoms with Gasteiger partial charge in [-0.15, -0.1) is 0 Å². The molecule has 0 aliphatic rings. The molecule has 118 valence electrons. The number of carbonyl (C=O) groups excluding carboxylic acids is 1. The number of carbonyl (C=O) groups is 1. The Kier molecular flexibility index (Phi) is 5.26. The molecule has 2 rings (SSSR count). The number of rotatable bonds is 6. The Labute approximate surface area is 132 Å². The predicted molar refractivity (Wildman–Crippen MR) is 88.3 cm³/mol. The molecule has 0 saturated heterocycles. The Morgan fingerprint density at radius 3 is 2.59 bits per heavy atom. The summed E-state index contributed by atoms with van der Waals surface area (Å²) in [5.74, 6) is 0.926. The van der Waals surface area contributed by atoms with Gasteiger partial charge < -0.3 is 14.6 Å². The summed E-state index contributed by atoms with van der Waals surface area (Å²) in [5.41, 5.74) is 4.53. The van der Waals surface area contributed by atoms with E-state index in [1.807, 2.05) is 38.2 Å². The van der Waals surface area contributed by atoms with Crippen molar-refractivity contribution in [3.63, 3.8) is 0 Å². The number of para-hydroxylation sites is 1. The Bertz CT molecular complexity index is 659. The maximum atomic E-state index is 12.1. The first-order valence-electron chi connectivity index (χ1n) is 7.53. The molecule has 0 radical (unpaired) electrons. The highest BCUT2D eigenvalue weighted by atomic mass is 16.5. The molecule has 22 heavy (non-hydrogen) atoms. The van der Waals surface area contributed by atoms with Crippen LogP contribution in [0.1, 0.15) is 22.5 Å². The van der Waals surface area contributed by atoms with Crippen LogP contribution in [0.25, 0.3) is 0 Å². The lowest BCUT2D eigenvalue weighted by atomic mass is 10.1. The number of nitrogens with zero attached hydrogens (tertiary/aromatic N) is 1. The molecule has 0 atom stereocenters. The van der Waals surface area contributed by atoms with Crippen molar-refractivity contribution in [3.8, 4) is 5.75 Å². The van der Waals surface area contributed by atoms with Gasteiger partial charge in [-0.3, -0.25) is 4.79 Å². The summed E-state index contributed by atoms with van der Waals surface area (Å²) in [6, 6.07) is 9.97. The Balaban J connectivity index is 1.87. The molecular formula is C18H24N2O2. The van der Waals surface area contributed by atoms with Gasteiger partial charge >= 0.3 is 0 Å². The van der Waals surface area contributed by atoms with Crippen LogP contribution in [0.4, 0.5) is 0 Å². The van der Waals surface area contributed by atoms with Crippen molar-refractivity contribution in [2.45, 2.75) is 26.7 Å². The first kappa shape index (κ1) is 16.1. The number of benzene rings is 1. The predicted octanol–water partition coefficient (Wildman–Crippen LogP) is 2.55. The van der Waals surface area contributed by atoms with Crippen molar-refractivity contribution >= 4 is 5.91 Å². The SMILES string of the molecule is COc1ccccc1CCNC(=O)Cc1cc(C)n(C)c1C. The zero-order valence-corrected chi connectivity index (χ0v) is 13.8. The molecule has 1 amide bonds. The maximum absolute atomic E-state index is 12.1. The van der Waals surface area contributed by atoms with Gasteiger partial charge in [0.25, 0.3) is 0 Å². The number of nitrogens with one attached hydrogen (secondary N) is 1. The minimum atomic E-state index is 0.0589. The van der Waals surface area contributed by atoms with E-state index in [4.69, 9.17) is 4.74 Å². The average molecular weight is 300 g/mol. The van der Waals surface area contributed by atoms with E-state index in [0.717, 1.165) is 29.0 Å². The first-order valence-corrected chi connectivity index (χ1v) is 7.53. The van der Waals surface area contributed by atoms with Gasteiger partial charge in [0.2, 0.25) is 5.91 Å². The second-order valence-electron chi connectivity index (χ2n) is 5.54. The molecule has 0 aliphatic heterocycles. The highest BCUT2D eigenvalue weighted by Gasteiger charge is 2.10. The van der Waals surface area contributed by atoms with Crippen LogP contribution >= 0.6 is 0 Å². The van der Waals surface area contributed by atoms with Gasteiger partial charge in [-0.2, -0.15) is 0 Å². The fraction of sp³-hybridized carbons (Fsp3) is 0.389. The van der Waals surface area contributed by atoms with Crippen molar-refractivity contribution in [2.24, 2.45) is 7.05 Å². The number of amides is 1. The summed E-state index contributed by atoms with van der Waals surface area (Å²) in [7, 11) is 3.69. The van der Waals surface area contributed by atoms with Crippen molar-refractivity contribution in [3.05, 3.63) is 52.8 Å². The van der Waals surface area contributed by atoms with Crippen molar-refractivity contribution in [1.29, 1.82) is 0 Å². The van der Waals surface area contributed by atoms with E-state index in [2.05, 4.69) is 22.9 Å². The first-order chi connectivity index (χ1) is 10.5. The maximum Gasteiger partial charge on any atom is 0.224 e. The molecule has 2 aromatic rings. The highest BCUT2D eigenvalue weighted by Crippen LogP contribution is 2.17. The lowest BCUT2D eigenvalue weighted by Gasteiger charge is -2.09. The van der Waals surface area contributed by atoms with E-state index in [-0.39, 0.29) is 5.91 Å². The van der Waals surface area contributed by atoms with Crippen molar-refractivity contribution in [1.82, 2.24) is 9.88 Å². The summed E-state index contributed by atoms with van der Waals surface area (Å²) in [6.07, 6.45) is 1.20. The lowest BCUT2D eigenvalue weighted by molar-refractivity contribution is -0.120. The topological polar surface area (TPSA) is 43.3 Å². The van der Waals surface area contributed by atoms with Gasteiger partial charge in [-0.25, -0.2) is 0 Å². The third-order valence-corrected chi connectivity index (χ3v) is 4.14. The minimum absolute atomic E-state index is 0.0589. The van der Waals surface area contributed by atoms with E-state index in [1.165, 1.54) is 5.69 Å². The van der Waals surface area contributed by atoms with Crippen LogP contribution in [-0.4, -0.2) is 24.1 Å². The standard InChI is InChI=1S/C18H24N2O2/c1-13-11-16(14(2)20(13)3)12-18(21)19-10-9-15-7-5-6-8-17(15)22-4/h5-8,11H,9-10,12H2,1-4H3,(H,19,21). The normalized spacial score (nSPS) is 10.5. The molecule has 0 aliphatic carbocycles. The minimum Gasteiger partial charge on any atom is -0.496 e. The smallest absolute Gasteiger partial charge is 0.224 e. The van der Waals surface area contributed by atoms with Crippen LogP contribution in [0.3, 0.4) is 0 Å². The molecule has 1 aromatic carbocycles. The molecule has 0 unspecified atom stereocenters. The van der Waals surface area contributed by atoms with E-state index in [0.29, 0.717) is 13.0 Å². The fourth-order valence-electron chi connectivity index (χ4n) is 2.59. The number of methoxy groups -OCH3 is 1. The number of hydrogen-bond donors (Lipinski definition) is 1. The molecule has 4 heteroatoms. The Morgan fingerprint density at radius 1 is 1.23 bits per heavy atom. The van der Waals surface area contributed by atoms with E-state index < -0.39 is 0 Å². The number of aryl methyl sites for hydroxylation is 1. The van der Waals surface area contributed by atoms with Crippen LogP contribution in [0.5, 0.6) is 5.75 Å². The van der Waals surface area contributed by atoms with Crippen LogP contribution < -0.4 is 10.1 Å². The molecule has 4 nitrogen and oxygen atoms in total. The molecule has 1 aromatic heterocycles. The largest absolute Gasteiger partial charge is 0.496 e. The zero-order valence-electron chi connectivity index (χ0n) is 13.8. The molecule has 0 spiro atoms. The van der Waals surface area contributed by atoms with Crippen molar-refractivity contribution in [2.75, 3.05) is 13.7 Å². The van der Waals surface area contributed by atoms with Crippen LogP contribution in [0, 0.1) is 13.8 Å². The van der Waals surface area contributed by atoms with Gasteiger partial charge in [0.05, 0.1) is 13.5 Å². The molecule has 1 N–H and O–H groups in total. The molecule has 0 fully saturated rings. The summed E-state index contributed by atoms with van der Waals surface area (Å²) in [4.78, 5) is 12.1. The van der Waals surface area contributed by atoms with Crippen molar-refractivity contribution < 1.29 is 9.53 Å². The number of aromatic nitrogens is 1. The van der Waals surface area contributed by atoms with Gasteiger partial charge in [0, 0.05) is 25.0 Å². The second kappa shape index (κ2) is 7.16. The van der Waals surface area contributed by atoms with Gasteiger partial charge in [-0.1, -0.05) is 18.2 Å². The quantitative estimate of drug-likeness (QED) is 0.891. The van der Waals surface area contributed by atoms with Crippen LogP contribution in [0.2, 0.25) is 0 Å². The summed E-state index contributed by atoms with van der Waals surface area (Å²) < 4.78 is 7.42. The molecule has 0 bridgehead atoms. The molecule has 1 heterocycles. The number of hydrogen-bond acceptors (Lipinski definition) is 2. The molecular weight excluding hydrogens is 276 g/mol. The summed E-state index contributed by atoms with van der Waals surface area (Å²) >= 11 is 0. The Hall–Kier alpha value is -2.23. The van der Waals surface area contributed by atoms with Gasteiger partial charge in [-0.05, 0) is 43.5 Å². The zero-order chi connectivity index (χ0) is 16.1.